The summed E-state index contributed by atoms with van der Waals surface area (Å²) in [4.78, 5) is 42.5. The molecule has 41 heavy (non-hydrogen) atoms. The highest BCUT2D eigenvalue weighted by Crippen LogP contribution is 2.29. The van der Waals surface area contributed by atoms with Gasteiger partial charge in [-0.05, 0) is 12.1 Å². The van der Waals surface area contributed by atoms with E-state index in [0.717, 1.165) is 0 Å². The number of nitrogens with two attached hydrogens (primary N) is 1. The smallest absolute Gasteiger partial charge is 0.359 e. The topological polar surface area (TPSA) is 204 Å². The molecule has 216 valence electrons. The van der Waals surface area contributed by atoms with E-state index in [1.54, 1.807) is 24.1 Å². The number of aryl methyl sites for hydroxylation is 1. The fourth-order valence-electron chi connectivity index (χ4n) is 4.30. The zero-order valence-corrected chi connectivity index (χ0v) is 23.1. The zero-order chi connectivity index (χ0) is 29.1. The van der Waals surface area contributed by atoms with Gasteiger partial charge in [0.05, 0.1) is 30.2 Å². The number of anilines is 2. The number of carbonyl (C=O) groups excluding carboxylic acids is 1. The van der Waals surface area contributed by atoms with Crippen molar-refractivity contribution in [3.05, 3.63) is 48.0 Å². The Bertz CT molecular complexity index is 1670. The lowest BCUT2D eigenvalue weighted by Crippen LogP contribution is -2.37. The second-order valence-electron chi connectivity index (χ2n) is 9.10. The van der Waals surface area contributed by atoms with Crippen LogP contribution in [0.2, 0.25) is 0 Å². The molecule has 1 aliphatic heterocycles. The molecule has 0 amide bonds. The van der Waals surface area contributed by atoms with Crippen molar-refractivity contribution in [2.45, 2.75) is 11.4 Å². The number of carbonyl (C=O) groups is 1. The van der Waals surface area contributed by atoms with Crippen LogP contribution in [0.5, 0.6) is 0 Å². The first-order valence-electron chi connectivity index (χ1n) is 12.4. The van der Waals surface area contributed by atoms with E-state index in [0.29, 0.717) is 73.0 Å². The lowest BCUT2D eigenvalue weighted by Gasteiger charge is -2.28. The number of nitrogens with one attached hydrogen (secondary N) is 1. The van der Waals surface area contributed by atoms with Gasteiger partial charge in [0.25, 0.3) is 0 Å². The molecule has 16 nitrogen and oxygen atoms in total. The Kier molecular flexibility index (Phi) is 8.04. The summed E-state index contributed by atoms with van der Waals surface area (Å²) in [5.74, 6) is 6.08. The maximum Gasteiger partial charge on any atom is 0.359 e. The van der Waals surface area contributed by atoms with Gasteiger partial charge in [-0.25, -0.2) is 38.1 Å². The lowest BCUT2D eigenvalue weighted by molar-refractivity contribution is 0.0502. The SMILES string of the molecule is CN(Cc1nc2c(N3CCOCC3)nc(-c3cccc(S(=O)(=O)NCO)c3)nc2n1C)c1ncc(C(=O)ON)cn1. The van der Waals surface area contributed by atoms with Crippen molar-refractivity contribution in [1.82, 2.24) is 34.2 Å². The van der Waals surface area contributed by atoms with Crippen molar-refractivity contribution < 1.29 is 27.9 Å². The fraction of sp³-hybridized carbons (Fsp3) is 0.333. The van der Waals surface area contributed by atoms with Gasteiger partial charge >= 0.3 is 5.97 Å². The first kappa shape index (κ1) is 28.2. The third-order valence-corrected chi connectivity index (χ3v) is 7.85. The average Bonchev–Trinajstić information content (AvgIpc) is 3.31. The number of rotatable bonds is 9. The Labute approximate surface area is 234 Å². The van der Waals surface area contributed by atoms with Crippen molar-refractivity contribution >= 4 is 38.9 Å². The molecule has 0 atom stereocenters. The number of aliphatic hydroxyl groups excluding tert-OH is 1. The number of fused-ring (bicyclic) bond motifs is 1. The minimum Gasteiger partial charge on any atom is -0.380 e. The van der Waals surface area contributed by atoms with Crippen molar-refractivity contribution in [3.63, 3.8) is 0 Å². The minimum absolute atomic E-state index is 0.0290. The van der Waals surface area contributed by atoms with Crippen LogP contribution in [0.4, 0.5) is 11.8 Å². The van der Waals surface area contributed by atoms with Crippen LogP contribution in [0.25, 0.3) is 22.6 Å². The predicted molar refractivity (Wildman–Crippen MR) is 146 cm³/mol. The van der Waals surface area contributed by atoms with Crippen LogP contribution in [0.15, 0.2) is 41.6 Å². The van der Waals surface area contributed by atoms with Crippen molar-refractivity contribution in [3.8, 4) is 11.4 Å². The Morgan fingerprint density at radius 1 is 1.20 bits per heavy atom. The molecule has 0 unspecified atom stereocenters. The third-order valence-electron chi connectivity index (χ3n) is 6.46. The quantitative estimate of drug-likeness (QED) is 0.168. The number of hydrogen-bond donors (Lipinski definition) is 3. The molecular weight excluding hydrogens is 556 g/mol. The molecule has 3 aromatic heterocycles. The molecule has 1 saturated heterocycles. The summed E-state index contributed by atoms with van der Waals surface area (Å²) in [5.41, 5.74) is 1.72. The van der Waals surface area contributed by atoms with Crippen molar-refractivity contribution in [1.29, 1.82) is 0 Å². The highest BCUT2D eigenvalue weighted by molar-refractivity contribution is 7.89. The van der Waals surface area contributed by atoms with Gasteiger partial charge in [0.15, 0.2) is 22.8 Å². The van der Waals surface area contributed by atoms with E-state index < -0.39 is 22.7 Å². The van der Waals surface area contributed by atoms with Crippen LogP contribution < -0.4 is 20.4 Å². The monoisotopic (exact) mass is 584 g/mol. The molecule has 1 aromatic carbocycles. The van der Waals surface area contributed by atoms with Crippen molar-refractivity contribution in [2.24, 2.45) is 12.9 Å². The maximum absolute atomic E-state index is 12.5. The first-order valence-corrected chi connectivity index (χ1v) is 13.9. The van der Waals surface area contributed by atoms with E-state index in [-0.39, 0.29) is 10.5 Å². The summed E-state index contributed by atoms with van der Waals surface area (Å²) in [7, 11) is -0.311. The summed E-state index contributed by atoms with van der Waals surface area (Å²) in [6, 6.07) is 6.18. The van der Waals surface area contributed by atoms with Crippen molar-refractivity contribution in [2.75, 3.05) is 49.9 Å². The molecule has 5 rings (SSSR count). The minimum atomic E-state index is -3.92. The number of ether oxygens (including phenoxy) is 1. The van der Waals surface area contributed by atoms with Gasteiger partial charge in [-0.3, -0.25) is 0 Å². The van der Waals surface area contributed by atoms with Gasteiger partial charge in [-0.1, -0.05) is 12.1 Å². The Morgan fingerprint density at radius 3 is 2.61 bits per heavy atom. The molecule has 0 bridgehead atoms. The number of hydrogen-bond acceptors (Lipinski definition) is 14. The van der Waals surface area contributed by atoms with Gasteiger partial charge in [0, 0.05) is 45.1 Å². The molecule has 0 spiro atoms. The summed E-state index contributed by atoms with van der Waals surface area (Å²) in [5, 5.41) is 9.09. The van der Waals surface area contributed by atoms with E-state index in [4.69, 9.17) is 30.7 Å². The Balaban J connectivity index is 1.55. The van der Waals surface area contributed by atoms with E-state index in [9.17, 15) is 13.2 Å². The van der Waals surface area contributed by atoms with Gasteiger partial charge < -0.3 is 29.0 Å². The van der Waals surface area contributed by atoms with Crippen LogP contribution in [0, 0.1) is 0 Å². The molecule has 1 fully saturated rings. The van der Waals surface area contributed by atoms with E-state index in [1.807, 2.05) is 11.6 Å². The van der Waals surface area contributed by atoms with Gasteiger partial charge in [0.2, 0.25) is 16.0 Å². The average molecular weight is 585 g/mol. The molecule has 4 N–H and O–H groups in total. The molecule has 0 aliphatic carbocycles. The van der Waals surface area contributed by atoms with Crippen LogP contribution in [-0.2, 0) is 33.2 Å². The highest BCUT2D eigenvalue weighted by atomic mass is 32.2. The molecule has 0 saturated carbocycles. The zero-order valence-electron chi connectivity index (χ0n) is 22.3. The number of benzene rings is 1. The Morgan fingerprint density at radius 2 is 1.93 bits per heavy atom. The second-order valence-corrected chi connectivity index (χ2v) is 10.9. The number of nitrogens with zero attached hydrogens (tertiary/aromatic N) is 8. The first-order chi connectivity index (χ1) is 19.7. The lowest BCUT2D eigenvalue weighted by atomic mass is 10.2. The van der Waals surface area contributed by atoms with E-state index in [1.165, 1.54) is 24.5 Å². The summed E-state index contributed by atoms with van der Waals surface area (Å²) in [6.07, 6.45) is 2.64. The highest BCUT2D eigenvalue weighted by Gasteiger charge is 2.24. The number of imidazole rings is 1. The van der Waals surface area contributed by atoms with Gasteiger partial charge in [0.1, 0.15) is 12.6 Å². The number of sulfonamides is 1. The van der Waals surface area contributed by atoms with Crippen LogP contribution in [0.3, 0.4) is 0 Å². The van der Waals surface area contributed by atoms with Gasteiger partial charge in [-0.2, -0.15) is 10.6 Å². The maximum atomic E-state index is 12.5. The molecular formula is C24H28N10O6S. The number of aromatic nitrogens is 6. The van der Waals surface area contributed by atoms with Crippen LogP contribution >= 0.6 is 0 Å². The predicted octanol–water partition coefficient (Wildman–Crippen LogP) is -0.448. The summed E-state index contributed by atoms with van der Waals surface area (Å²) < 4.78 is 34.4. The van der Waals surface area contributed by atoms with E-state index in [2.05, 4.69) is 24.4 Å². The van der Waals surface area contributed by atoms with Crippen LogP contribution in [0.1, 0.15) is 16.2 Å². The molecule has 4 heterocycles. The second kappa shape index (κ2) is 11.7. The standard InChI is InChI=1S/C24H28N10O6S/c1-32(24-26-11-16(12-27-24)23(36)40-25)13-18-29-19-21(33(18)2)30-20(31-22(19)34-6-8-39-9-7-34)15-4-3-5-17(10-15)41(37,38)28-14-35/h3-5,10-12,28,35H,6-9,13-14,25H2,1-2H3. The fourth-order valence-corrected chi connectivity index (χ4v) is 5.18. The molecule has 0 radical (unpaired) electrons. The Hall–Kier alpha value is -4.29. The third kappa shape index (κ3) is 5.79. The normalized spacial score (nSPS) is 13.9. The molecule has 1 aliphatic rings. The van der Waals surface area contributed by atoms with Crippen LogP contribution in [-0.4, -0.2) is 89.1 Å². The molecule has 17 heteroatoms. The summed E-state index contributed by atoms with van der Waals surface area (Å²) in [6.45, 7) is 1.81. The van der Waals surface area contributed by atoms with E-state index >= 15 is 0 Å². The largest absolute Gasteiger partial charge is 0.380 e. The number of morpholine rings is 1. The number of aliphatic hydroxyl groups is 1. The summed E-state index contributed by atoms with van der Waals surface area (Å²) >= 11 is 0. The molecule has 4 aromatic rings. The van der Waals surface area contributed by atoms with Gasteiger partial charge in [-0.15, -0.1) is 0 Å².